The number of likely N-dealkylation sites (tertiary alicyclic amines) is 1. The largest absolute Gasteiger partial charge is 0.444 e. The SMILES string of the molecule is CC(C)(C)OC(=O)N1C[C@@H]2[C@H](C1)[C@H]2C1=NOC(CCl)N1. The Labute approximate surface area is 123 Å². The van der Waals surface area contributed by atoms with Crippen molar-refractivity contribution in [2.75, 3.05) is 19.0 Å². The highest BCUT2D eigenvalue weighted by atomic mass is 35.5. The van der Waals surface area contributed by atoms with Crippen molar-refractivity contribution in [3.05, 3.63) is 0 Å². The lowest BCUT2D eigenvalue weighted by atomic mass is 10.2. The van der Waals surface area contributed by atoms with Gasteiger partial charge in [0.15, 0.2) is 0 Å². The molecular formula is C13H20ClN3O3. The van der Waals surface area contributed by atoms with Gasteiger partial charge in [-0.2, -0.15) is 0 Å². The minimum Gasteiger partial charge on any atom is -0.444 e. The van der Waals surface area contributed by atoms with Crippen LogP contribution in [-0.4, -0.2) is 47.6 Å². The fraction of sp³-hybridized carbons (Fsp3) is 0.846. The van der Waals surface area contributed by atoms with Crippen molar-refractivity contribution in [2.24, 2.45) is 22.9 Å². The van der Waals surface area contributed by atoms with E-state index in [-0.39, 0.29) is 12.3 Å². The second kappa shape index (κ2) is 4.69. The lowest BCUT2D eigenvalue weighted by Crippen LogP contribution is -2.39. The smallest absolute Gasteiger partial charge is 0.410 e. The molecule has 1 saturated heterocycles. The van der Waals surface area contributed by atoms with Gasteiger partial charge in [-0.15, -0.1) is 11.6 Å². The standard InChI is InChI=1S/C13H20ClN3O3/c1-13(2,3)19-12(18)17-5-7-8(6-17)10(7)11-15-9(4-14)20-16-11/h7-10H,4-6H2,1-3H3,(H,15,16)/t7-,8+,9?,10+. The van der Waals surface area contributed by atoms with Crippen molar-refractivity contribution in [1.29, 1.82) is 0 Å². The van der Waals surface area contributed by atoms with Gasteiger partial charge in [0.05, 0.1) is 5.88 Å². The Morgan fingerprint density at radius 2 is 2.15 bits per heavy atom. The maximum atomic E-state index is 12.0. The number of carbonyl (C=O) groups is 1. The number of amidine groups is 1. The zero-order valence-electron chi connectivity index (χ0n) is 11.9. The fourth-order valence-electron chi connectivity index (χ4n) is 2.97. The summed E-state index contributed by atoms with van der Waals surface area (Å²) in [5.41, 5.74) is -0.443. The summed E-state index contributed by atoms with van der Waals surface area (Å²) < 4.78 is 5.38. The molecule has 3 aliphatic rings. The van der Waals surface area contributed by atoms with E-state index in [1.807, 2.05) is 20.8 Å². The Hall–Kier alpha value is -1.17. The molecular weight excluding hydrogens is 282 g/mol. The van der Waals surface area contributed by atoms with Gasteiger partial charge in [-0.25, -0.2) is 4.79 Å². The highest BCUT2D eigenvalue weighted by Gasteiger charge is 2.60. The van der Waals surface area contributed by atoms with Crippen molar-refractivity contribution < 1.29 is 14.4 Å². The summed E-state index contributed by atoms with van der Waals surface area (Å²) in [5, 5.41) is 7.22. The van der Waals surface area contributed by atoms with Crippen molar-refractivity contribution >= 4 is 23.5 Å². The summed E-state index contributed by atoms with van der Waals surface area (Å²) in [6.07, 6.45) is -0.436. The van der Waals surface area contributed by atoms with Crippen molar-refractivity contribution in [3.8, 4) is 0 Å². The molecule has 112 valence electrons. The van der Waals surface area contributed by atoms with E-state index in [1.54, 1.807) is 4.90 Å². The van der Waals surface area contributed by atoms with Gasteiger partial charge >= 0.3 is 6.09 Å². The molecule has 1 saturated carbocycles. The molecule has 0 bridgehead atoms. The summed E-state index contributed by atoms with van der Waals surface area (Å²) >= 11 is 5.71. The maximum absolute atomic E-state index is 12.0. The van der Waals surface area contributed by atoms with Crippen molar-refractivity contribution in [3.63, 3.8) is 0 Å². The Balaban J connectivity index is 1.50. The first-order chi connectivity index (χ1) is 9.39. The number of alkyl halides is 1. The molecule has 3 rings (SSSR count). The first kappa shape index (κ1) is 13.8. The molecule has 2 fully saturated rings. The van der Waals surface area contributed by atoms with Gasteiger partial charge in [0.25, 0.3) is 0 Å². The average Bonchev–Trinajstić information content (AvgIpc) is 2.80. The topological polar surface area (TPSA) is 63.2 Å². The van der Waals surface area contributed by atoms with Crippen LogP contribution in [-0.2, 0) is 9.57 Å². The van der Waals surface area contributed by atoms with E-state index in [2.05, 4.69) is 10.5 Å². The minimum atomic E-state index is -0.443. The molecule has 2 aliphatic heterocycles. The quantitative estimate of drug-likeness (QED) is 0.787. The van der Waals surface area contributed by atoms with E-state index >= 15 is 0 Å². The van der Waals surface area contributed by atoms with Crippen LogP contribution in [0, 0.1) is 17.8 Å². The number of oxime groups is 1. The van der Waals surface area contributed by atoms with Crippen LogP contribution in [0.15, 0.2) is 5.16 Å². The van der Waals surface area contributed by atoms with Crippen LogP contribution < -0.4 is 5.32 Å². The summed E-state index contributed by atoms with van der Waals surface area (Å²) in [6.45, 7) is 7.11. The molecule has 20 heavy (non-hydrogen) atoms. The van der Waals surface area contributed by atoms with Crippen molar-refractivity contribution in [2.45, 2.75) is 32.6 Å². The predicted octanol–water partition coefficient (Wildman–Crippen LogP) is 1.60. The number of ether oxygens (including phenoxy) is 1. The second-order valence-electron chi connectivity index (χ2n) is 6.61. The highest BCUT2D eigenvalue weighted by molar-refractivity contribution is 6.18. The zero-order valence-corrected chi connectivity index (χ0v) is 12.7. The number of piperidine rings is 1. The van der Waals surface area contributed by atoms with E-state index in [4.69, 9.17) is 21.2 Å². The van der Waals surface area contributed by atoms with Gasteiger partial charge < -0.3 is 19.8 Å². The van der Waals surface area contributed by atoms with Gasteiger partial charge in [0, 0.05) is 19.0 Å². The van der Waals surface area contributed by atoms with E-state index in [0.29, 0.717) is 23.6 Å². The summed E-state index contributed by atoms with van der Waals surface area (Å²) in [5.74, 6) is 2.56. The average molecular weight is 302 g/mol. The van der Waals surface area contributed by atoms with E-state index in [1.165, 1.54) is 0 Å². The van der Waals surface area contributed by atoms with Crippen molar-refractivity contribution in [1.82, 2.24) is 10.2 Å². The van der Waals surface area contributed by atoms with Crippen LogP contribution in [0.4, 0.5) is 4.79 Å². The third-order valence-electron chi connectivity index (χ3n) is 3.89. The summed E-state index contributed by atoms with van der Waals surface area (Å²) in [6, 6.07) is 0. The number of hydrogen-bond donors (Lipinski definition) is 1. The third-order valence-corrected chi connectivity index (χ3v) is 4.17. The van der Waals surface area contributed by atoms with Crippen LogP contribution in [0.1, 0.15) is 20.8 Å². The van der Waals surface area contributed by atoms with Crippen LogP contribution in [0.5, 0.6) is 0 Å². The summed E-state index contributed by atoms with van der Waals surface area (Å²) in [7, 11) is 0. The number of nitrogens with zero attached hydrogens (tertiary/aromatic N) is 2. The van der Waals surface area contributed by atoms with E-state index in [9.17, 15) is 4.79 Å². The zero-order chi connectivity index (χ0) is 14.5. The third kappa shape index (κ3) is 2.53. The number of rotatable bonds is 2. The molecule has 1 amide bonds. The molecule has 2 heterocycles. The molecule has 0 aromatic heterocycles. The molecule has 0 aromatic carbocycles. The van der Waals surface area contributed by atoms with Crippen LogP contribution in [0.2, 0.25) is 0 Å². The van der Waals surface area contributed by atoms with Gasteiger partial charge in [0.1, 0.15) is 11.4 Å². The first-order valence-corrected chi connectivity index (χ1v) is 7.46. The normalized spacial score (nSPS) is 35.0. The molecule has 0 aromatic rings. The number of halogens is 1. The minimum absolute atomic E-state index is 0.213. The summed E-state index contributed by atoms with van der Waals surface area (Å²) in [4.78, 5) is 18.9. The number of nitrogens with one attached hydrogen (secondary N) is 1. The molecule has 0 spiro atoms. The van der Waals surface area contributed by atoms with Gasteiger partial charge in [-0.1, -0.05) is 5.16 Å². The van der Waals surface area contributed by atoms with Crippen LogP contribution in [0.25, 0.3) is 0 Å². The lowest BCUT2D eigenvalue weighted by molar-refractivity contribution is 0.0270. The Bertz CT molecular complexity index is 437. The number of carbonyl (C=O) groups excluding carboxylic acids is 1. The molecule has 7 heteroatoms. The Morgan fingerprint density at radius 3 is 2.65 bits per heavy atom. The predicted molar refractivity (Wildman–Crippen MR) is 74.4 cm³/mol. The molecule has 1 unspecified atom stereocenters. The van der Waals surface area contributed by atoms with Gasteiger partial charge in [-0.3, -0.25) is 0 Å². The lowest BCUT2D eigenvalue weighted by Gasteiger charge is -2.25. The fourth-order valence-corrected chi connectivity index (χ4v) is 3.10. The van der Waals surface area contributed by atoms with Gasteiger partial charge in [0.2, 0.25) is 6.23 Å². The maximum Gasteiger partial charge on any atom is 0.410 e. The number of amides is 1. The highest BCUT2D eigenvalue weighted by Crippen LogP contribution is 2.52. The number of fused-ring (bicyclic) bond motifs is 1. The molecule has 0 radical (unpaired) electrons. The molecule has 6 nitrogen and oxygen atoms in total. The van der Waals surface area contributed by atoms with Crippen LogP contribution in [0.3, 0.4) is 0 Å². The van der Waals surface area contributed by atoms with Gasteiger partial charge in [-0.05, 0) is 32.6 Å². The van der Waals surface area contributed by atoms with E-state index in [0.717, 1.165) is 18.9 Å². The Kier molecular flexibility index (Phi) is 3.23. The second-order valence-corrected chi connectivity index (χ2v) is 6.92. The first-order valence-electron chi connectivity index (χ1n) is 6.93. The van der Waals surface area contributed by atoms with Crippen LogP contribution >= 0.6 is 11.6 Å². The molecule has 1 N–H and O–H groups in total. The molecule has 4 atom stereocenters. The molecule has 1 aliphatic carbocycles. The Morgan fingerprint density at radius 1 is 1.50 bits per heavy atom. The number of hydrogen-bond acceptors (Lipinski definition) is 5. The van der Waals surface area contributed by atoms with E-state index < -0.39 is 5.60 Å². The monoisotopic (exact) mass is 301 g/mol.